The van der Waals surface area contributed by atoms with Crippen molar-refractivity contribution in [1.29, 1.82) is 0 Å². The maximum Gasteiger partial charge on any atom is 0.311 e. The second kappa shape index (κ2) is 6.33. The first-order chi connectivity index (χ1) is 9.21. The van der Waals surface area contributed by atoms with Crippen LogP contribution in [0.2, 0.25) is 0 Å². The zero-order valence-corrected chi connectivity index (χ0v) is 11.7. The van der Waals surface area contributed by atoms with E-state index < -0.39 is 0 Å². The number of carbonyl (C=O) groups excluding carboxylic acids is 1. The molecule has 0 saturated carbocycles. The third kappa shape index (κ3) is 3.78. The molecule has 0 fully saturated rings. The number of aromatic nitrogens is 3. The topological polar surface area (TPSA) is 69.0 Å². The molecule has 102 valence electrons. The molecule has 0 saturated heterocycles. The standard InChI is InChI=1S/C12H16N4O2S/c1-3-16-7-10(6-13-16)15-12-14-9(8-19-12)5-11(17)18-4-2/h6-8H,3-5H2,1-2H3,(H,14,15). The van der Waals surface area contributed by atoms with E-state index in [9.17, 15) is 4.79 Å². The fourth-order valence-electron chi connectivity index (χ4n) is 1.53. The van der Waals surface area contributed by atoms with Crippen molar-refractivity contribution in [2.75, 3.05) is 11.9 Å². The molecule has 19 heavy (non-hydrogen) atoms. The van der Waals surface area contributed by atoms with Crippen molar-refractivity contribution in [3.05, 3.63) is 23.5 Å². The summed E-state index contributed by atoms with van der Waals surface area (Å²) in [7, 11) is 0. The van der Waals surface area contributed by atoms with E-state index in [-0.39, 0.29) is 12.4 Å². The minimum Gasteiger partial charge on any atom is -0.466 e. The molecule has 2 aromatic heterocycles. The van der Waals surface area contributed by atoms with Gasteiger partial charge in [0.25, 0.3) is 0 Å². The van der Waals surface area contributed by atoms with Gasteiger partial charge in [-0.2, -0.15) is 5.10 Å². The Labute approximate surface area is 115 Å². The van der Waals surface area contributed by atoms with Crippen LogP contribution in [-0.4, -0.2) is 27.3 Å². The molecule has 6 nitrogen and oxygen atoms in total. The van der Waals surface area contributed by atoms with E-state index in [1.54, 1.807) is 13.1 Å². The third-order valence-corrected chi connectivity index (χ3v) is 3.20. The number of nitrogens with zero attached hydrogens (tertiary/aromatic N) is 3. The van der Waals surface area contributed by atoms with Crippen molar-refractivity contribution in [2.45, 2.75) is 26.8 Å². The first-order valence-electron chi connectivity index (χ1n) is 6.10. The number of hydrogen-bond acceptors (Lipinski definition) is 6. The highest BCUT2D eigenvalue weighted by Crippen LogP contribution is 2.20. The van der Waals surface area contributed by atoms with Gasteiger partial charge in [-0.25, -0.2) is 4.98 Å². The van der Waals surface area contributed by atoms with E-state index in [4.69, 9.17) is 4.74 Å². The summed E-state index contributed by atoms with van der Waals surface area (Å²) in [4.78, 5) is 15.7. The van der Waals surface area contributed by atoms with Crippen LogP contribution in [0.25, 0.3) is 0 Å². The fourth-order valence-corrected chi connectivity index (χ4v) is 2.26. The number of thiazole rings is 1. The minimum atomic E-state index is -0.252. The minimum absolute atomic E-state index is 0.209. The Kier molecular flexibility index (Phi) is 4.51. The van der Waals surface area contributed by atoms with Crippen LogP contribution in [0.15, 0.2) is 17.8 Å². The van der Waals surface area contributed by atoms with Crippen LogP contribution < -0.4 is 5.32 Å². The number of nitrogens with one attached hydrogen (secondary N) is 1. The molecule has 2 heterocycles. The van der Waals surface area contributed by atoms with Crippen molar-refractivity contribution >= 4 is 28.1 Å². The molecule has 0 aliphatic heterocycles. The number of carbonyl (C=O) groups is 1. The van der Waals surface area contributed by atoms with Gasteiger partial charge < -0.3 is 10.1 Å². The van der Waals surface area contributed by atoms with Crippen LogP contribution in [0.5, 0.6) is 0 Å². The molecule has 0 aliphatic rings. The summed E-state index contributed by atoms with van der Waals surface area (Å²) in [5.41, 5.74) is 1.60. The molecule has 0 spiro atoms. The predicted octanol–water partition coefficient (Wildman–Crippen LogP) is 2.21. The first-order valence-corrected chi connectivity index (χ1v) is 6.98. The molecule has 2 rings (SSSR count). The molecule has 2 aromatic rings. The highest BCUT2D eigenvalue weighted by molar-refractivity contribution is 7.13. The molecule has 0 bridgehead atoms. The molecular weight excluding hydrogens is 264 g/mol. The maximum atomic E-state index is 11.3. The Morgan fingerprint density at radius 3 is 3.05 bits per heavy atom. The summed E-state index contributed by atoms with van der Waals surface area (Å²) in [6.07, 6.45) is 3.86. The molecular formula is C12H16N4O2S. The van der Waals surface area contributed by atoms with Gasteiger partial charge in [0.2, 0.25) is 0 Å². The number of aryl methyl sites for hydroxylation is 1. The largest absolute Gasteiger partial charge is 0.466 e. The number of anilines is 2. The SMILES string of the molecule is CCOC(=O)Cc1csc(Nc2cnn(CC)c2)n1. The van der Waals surface area contributed by atoms with Gasteiger partial charge in [0.15, 0.2) is 5.13 Å². The van der Waals surface area contributed by atoms with Gasteiger partial charge in [0.05, 0.1) is 30.6 Å². The lowest BCUT2D eigenvalue weighted by molar-refractivity contribution is -0.142. The van der Waals surface area contributed by atoms with E-state index in [1.807, 2.05) is 23.2 Å². The van der Waals surface area contributed by atoms with Gasteiger partial charge in [-0.1, -0.05) is 0 Å². The molecule has 7 heteroatoms. The van der Waals surface area contributed by atoms with Crippen LogP contribution in [0, 0.1) is 0 Å². The monoisotopic (exact) mass is 280 g/mol. The van der Waals surface area contributed by atoms with Crippen LogP contribution >= 0.6 is 11.3 Å². The van der Waals surface area contributed by atoms with Gasteiger partial charge in [-0.3, -0.25) is 9.48 Å². The predicted molar refractivity (Wildman–Crippen MR) is 73.6 cm³/mol. The van der Waals surface area contributed by atoms with Gasteiger partial charge in [-0.15, -0.1) is 11.3 Å². The highest BCUT2D eigenvalue weighted by atomic mass is 32.1. The first kappa shape index (κ1) is 13.5. The molecule has 0 radical (unpaired) electrons. The van der Waals surface area contributed by atoms with Crippen molar-refractivity contribution in [2.24, 2.45) is 0 Å². The summed E-state index contributed by atoms with van der Waals surface area (Å²) in [5.74, 6) is -0.252. The fraction of sp³-hybridized carbons (Fsp3) is 0.417. The number of rotatable bonds is 6. The van der Waals surface area contributed by atoms with E-state index >= 15 is 0 Å². The molecule has 0 atom stereocenters. The Bertz CT molecular complexity index is 549. The molecule has 1 N–H and O–H groups in total. The second-order valence-electron chi connectivity index (χ2n) is 3.84. The van der Waals surface area contributed by atoms with Gasteiger partial charge in [0, 0.05) is 18.1 Å². The van der Waals surface area contributed by atoms with Gasteiger partial charge in [-0.05, 0) is 13.8 Å². The summed E-state index contributed by atoms with van der Waals surface area (Å²) in [6.45, 7) is 5.03. The van der Waals surface area contributed by atoms with E-state index in [0.29, 0.717) is 12.3 Å². The molecule has 0 aliphatic carbocycles. The van der Waals surface area contributed by atoms with E-state index in [2.05, 4.69) is 15.4 Å². The Morgan fingerprint density at radius 1 is 1.53 bits per heavy atom. The highest BCUT2D eigenvalue weighted by Gasteiger charge is 2.08. The number of esters is 1. The van der Waals surface area contributed by atoms with E-state index in [0.717, 1.165) is 17.4 Å². The Balaban J connectivity index is 1.95. The lowest BCUT2D eigenvalue weighted by atomic mass is 10.3. The second-order valence-corrected chi connectivity index (χ2v) is 4.69. The third-order valence-electron chi connectivity index (χ3n) is 2.39. The maximum absolute atomic E-state index is 11.3. The van der Waals surface area contributed by atoms with E-state index in [1.165, 1.54) is 11.3 Å². The van der Waals surface area contributed by atoms with Crippen molar-refractivity contribution < 1.29 is 9.53 Å². The van der Waals surface area contributed by atoms with Crippen LogP contribution in [-0.2, 0) is 22.5 Å². The Hall–Kier alpha value is -1.89. The lowest BCUT2D eigenvalue weighted by Crippen LogP contribution is -2.07. The number of hydrogen-bond donors (Lipinski definition) is 1. The lowest BCUT2D eigenvalue weighted by Gasteiger charge is -1.99. The Morgan fingerprint density at radius 2 is 2.37 bits per heavy atom. The number of ether oxygens (including phenoxy) is 1. The normalized spacial score (nSPS) is 10.4. The summed E-state index contributed by atoms with van der Waals surface area (Å²) in [6, 6.07) is 0. The molecule has 0 unspecified atom stereocenters. The average molecular weight is 280 g/mol. The van der Waals surface area contributed by atoms with Crippen LogP contribution in [0.3, 0.4) is 0 Å². The summed E-state index contributed by atoms with van der Waals surface area (Å²) in [5, 5.41) is 9.92. The zero-order chi connectivity index (χ0) is 13.7. The summed E-state index contributed by atoms with van der Waals surface area (Å²) < 4.78 is 6.71. The quantitative estimate of drug-likeness (QED) is 0.822. The average Bonchev–Trinajstić information content (AvgIpc) is 2.99. The van der Waals surface area contributed by atoms with Gasteiger partial charge >= 0.3 is 5.97 Å². The van der Waals surface area contributed by atoms with Crippen LogP contribution in [0.1, 0.15) is 19.5 Å². The molecule has 0 amide bonds. The summed E-state index contributed by atoms with van der Waals surface area (Å²) >= 11 is 1.45. The smallest absolute Gasteiger partial charge is 0.311 e. The van der Waals surface area contributed by atoms with Gasteiger partial charge in [0.1, 0.15) is 0 Å². The zero-order valence-electron chi connectivity index (χ0n) is 10.9. The van der Waals surface area contributed by atoms with Crippen molar-refractivity contribution in [1.82, 2.24) is 14.8 Å². The molecule has 0 aromatic carbocycles. The van der Waals surface area contributed by atoms with Crippen LogP contribution in [0.4, 0.5) is 10.8 Å². The van der Waals surface area contributed by atoms with Crippen molar-refractivity contribution in [3.63, 3.8) is 0 Å². The van der Waals surface area contributed by atoms with Crippen molar-refractivity contribution in [3.8, 4) is 0 Å².